The second-order valence-corrected chi connectivity index (χ2v) is 49.3. The van der Waals surface area contributed by atoms with Crippen LogP contribution in [0, 0.1) is 0 Å². The highest BCUT2D eigenvalue weighted by Crippen LogP contribution is 2.50. The van der Waals surface area contributed by atoms with Gasteiger partial charge in [0.2, 0.25) is 17.7 Å². The van der Waals surface area contributed by atoms with Gasteiger partial charge in [0.1, 0.15) is 48.1 Å². The number of fused-ring (bicyclic) bond motifs is 3. The van der Waals surface area contributed by atoms with E-state index in [2.05, 4.69) is 171 Å². The molecule has 806 valence electrons. The summed E-state index contributed by atoms with van der Waals surface area (Å²) in [6.45, 7) is 51.0. The quantitative estimate of drug-likeness (QED) is 0.0336. The van der Waals surface area contributed by atoms with Crippen LogP contribution >= 0.6 is 116 Å². The predicted molar refractivity (Wildman–Crippen MR) is 584 cm³/mol. The summed E-state index contributed by atoms with van der Waals surface area (Å²) < 4.78 is 83.5. The molecule has 11 aliphatic rings. The summed E-state index contributed by atoms with van der Waals surface area (Å²) in [4.78, 5) is 121. The molecular formula is C101H142BBr3Cl2F3N15O17S4. The lowest BCUT2D eigenvalue weighted by atomic mass is 9.75. The SMILES string of the molecule is Brc1csc(Br)n1.CC(=O)N1c2ccc(-c3csc(N4CCN(C(=O)OC(C)(C)C)CC4)n3)c(OC3CCC3)c2CC[C@@H]1C.CC(=O)N1c2ccc(-c3csc(N4CCNCC4)n3)c(OC3CCC3)c2CC[C@@H]1C.CC(=O)N1c2ccc(B3OC(C)(C)C(C)(C)O3)c(OC3CCC3)c2CC[C@@H]1C.CC(C)(C)OC(=O)N1CCN(c2nc(Br)cs2)CC1.CC(C)(C)OC(=O)N1CCNCC1.CC(Cl)Cl.O=C(OO)C(F)(F)F. The Morgan fingerprint density at radius 2 is 0.774 bits per heavy atom. The third-order valence-corrected chi connectivity index (χ3v) is 31.6. The standard InChI is InChI=1S/C28H38N4O4S.C23H30N4O2S.C22H32BNO4.C12H18BrN3O2S.C9H18N2O2.C3HBr2NS.C2H4Cl2.C2HF3O3/c1-18-9-10-22-24(32(18)19(2)33)12-11-21(25(22)35-20-7-6-8-20)23-17-37-26(29-23)30-13-15-31(16-14-30)27(34)36-28(3,4)5;1-15-6-7-19-21(27(15)16(2)28)9-8-18(22(19)29-17-4-3-5-17)20-14-30-23(25-20)26-12-10-24-11-13-26;1-14-10-11-17-19(24(14)15(2)25)13-12-18(20(17)26-16-8-7-9-16)23-27-21(3,4)22(5,6)28-23;1-12(2,3)18-11(17)16-6-4-15(5-7-16)10-14-9(13)8-19-10;1-9(2,3)13-8(12)11-6-4-10-5-7-11;4-2-1-7-3(5)6-2;1-2(3)4;3-2(4,5)1(6)8-7/h11-12,17-18,20H,6-10,13-16H2,1-5H3;8-9,14-15,17,24H,3-7,10-13H2,1-2H3;12-14,16H,7-11H2,1-6H3;8H,4-7H2,1-3H3;10H,4-7H2,1-3H3;1H;2H,1H3;7H/t18-;15-;14-;;;;;/m000...../s1. The van der Waals surface area contributed by atoms with E-state index in [0.29, 0.717) is 39.3 Å². The number of amides is 6. The van der Waals surface area contributed by atoms with Crippen LogP contribution in [0.5, 0.6) is 17.2 Å². The number of piperazine rings is 4. The number of rotatable bonds is 12. The van der Waals surface area contributed by atoms with Gasteiger partial charge < -0.3 is 92.5 Å². The molecule has 0 unspecified atom stereocenters. The van der Waals surface area contributed by atoms with Crippen molar-refractivity contribution in [3.05, 3.63) is 87.7 Å². The van der Waals surface area contributed by atoms with E-state index in [1.807, 2.05) is 99.9 Å². The second-order valence-electron chi connectivity index (χ2n) is 41.5. The van der Waals surface area contributed by atoms with Crippen LogP contribution in [-0.2, 0) is 66.8 Å². The topological polar surface area (TPSA) is 328 Å². The number of nitrogens with zero attached hydrogens (tertiary/aromatic N) is 13. The van der Waals surface area contributed by atoms with Crippen LogP contribution in [0.1, 0.15) is 232 Å². The van der Waals surface area contributed by atoms with Crippen LogP contribution in [0.15, 0.2) is 71.0 Å². The third-order valence-electron chi connectivity index (χ3n) is 26.1. The number of halogens is 8. The number of thiazole rings is 4. The number of hydrogen-bond acceptors (Lipinski definition) is 30. The molecule has 8 aliphatic heterocycles. The lowest BCUT2D eigenvalue weighted by Crippen LogP contribution is -2.50. The van der Waals surface area contributed by atoms with Gasteiger partial charge in [-0.25, -0.2) is 39.1 Å². The van der Waals surface area contributed by atoms with Gasteiger partial charge in [-0.2, -0.15) is 18.4 Å². The minimum absolute atomic E-state index is 0.0669. The molecule has 0 bridgehead atoms. The number of benzene rings is 3. The summed E-state index contributed by atoms with van der Waals surface area (Å²) in [7, 11) is -0.462. The fourth-order valence-electron chi connectivity index (χ4n) is 17.4. The highest BCUT2D eigenvalue weighted by molar-refractivity contribution is 9.11. The molecule has 4 aromatic heterocycles. The fourth-order valence-corrected chi connectivity index (χ4v) is 22.1. The highest BCUT2D eigenvalue weighted by atomic mass is 79.9. The smallest absolute Gasteiger partial charge is 0.490 e. The van der Waals surface area contributed by atoms with Gasteiger partial charge in [0, 0.05) is 198 Å². The Balaban J connectivity index is 0.000000170. The zero-order chi connectivity index (χ0) is 107. The molecule has 7 aromatic rings. The van der Waals surface area contributed by atoms with E-state index >= 15 is 0 Å². The van der Waals surface area contributed by atoms with Gasteiger partial charge in [-0.05, 0) is 292 Å². The van der Waals surface area contributed by atoms with E-state index in [1.165, 1.54) is 24.8 Å². The van der Waals surface area contributed by atoms with Gasteiger partial charge in [0.15, 0.2) is 19.3 Å². The minimum atomic E-state index is -5.10. The van der Waals surface area contributed by atoms with Crippen molar-refractivity contribution in [1.82, 2.24) is 45.3 Å². The molecular weight excluding hydrogens is 2200 g/mol. The van der Waals surface area contributed by atoms with Crippen molar-refractivity contribution in [2.24, 2.45) is 0 Å². The maximum absolute atomic E-state index is 12.5. The zero-order valence-electron chi connectivity index (χ0n) is 87.3. The maximum Gasteiger partial charge on any atom is 0.498 e. The van der Waals surface area contributed by atoms with Crippen molar-refractivity contribution >= 4 is 203 Å². The molecule has 32 nitrogen and oxygen atoms in total. The Morgan fingerprint density at radius 3 is 1.07 bits per heavy atom. The second kappa shape index (κ2) is 52.6. The summed E-state index contributed by atoms with van der Waals surface area (Å²) in [5.41, 5.74) is 9.15. The summed E-state index contributed by atoms with van der Waals surface area (Å²) in [5.74, 6) is 0.347. The number of carbonyl (C=O) groups excluding carboxylic acids is 7. The molecule has 3 saturated carbocycles. The van der Waals surface area contributed by atoms with Gasteiger partial charge in [-0.1, -0.05) is 6.07 Å². The van der Waals surface area contributed by atoms with Gasteiger partial charge in [-0.3, -0.25) is 19.3 Å². The first-order valence-electron chi connectivity index (χ1n) is 50.0. The number of carbonyl (C=O) groups is 7. The summed E-state index contributed by atoms with van der Waals surface area (Å²) in [6, 6.07) is 13.0. The zero-order valence-corrected chi connectivity index (χ0v) is 96.8. The summed E-state index contributed by atoms with van der Waals surface area (Å²) in [6.07, 6.45) is 10.7. The summed E-state index contributed by atoms with van der Waals surface area (Å²) in [5, 5.41) is 24.8. The van der Waals surface area contributed by atoms with E-state index in [1.54, 1.807) is 87.7 Å². The van der Waals surface area contributed by atoms with Crippen molar-refractivity contribution in [2.45, 2.75) is 310 Å². The average Bonchev–Trinajstić information content (AvgIpc) is 1.21. The largest absolute Gasteiger partial charge is 0.498 e. The molecule has 146 heavy (non-hydrogen) atoms. The predicted octanol–water partition coefficient (Wildman–Crippen LogP) is 21.8. The Morgan fingerprint density at radius 1 is 0.459 bits per heavy atom. The number of anilines is 6. The van der Waals surface area contributed by atoms with E-state index < -0.39 is 41.7 Å². The monoisotopic (exact) mass is 2340 g/mol. The fraction of sp³-hybridized carbons (Fsp3) is 0.634. The first-order chi connectivity index (χ1) is 68.7. The lowest BCUT2D eigenvalue weighted by Gasteiger charge is -2.37. The number of ether oxygens (including phenoxy) is 6. The maximum atomic E-state index is 12.5. The number of alkyl halides is 5. The van der Waals surface area contributed by atoms with Crippen LogP contribution in [0.2, 0.25) is 0 Å². The number of hydrogen-bond donors (Lipinski definition) is 3. The molecule has 5 saturated heterocycles. The molecule has 3 aromatic carbocycles. The summed E-state index contributed by atoms with van der Waals surface area (Å²) >= 11 is 26.3. The van der Waals surface area contributed by atoms with Crippen molar-refractivity contribution in [2.75, 3.05) is 134 Å². The first kappa shape index (κ1) is 119. The van der Waals surface area contributed by atoms with Crippen molar-refractivity contribution in [1.29, 1.82) is 0 Å². The molecule has 0 spiro atoms. The van der Waals surface area contributed by atoms with Crippen molar-refractivity contribution in [3.8, 4) is 39.8 Å². The van der Waals surface area contributed by atoms with Crippen LogP contribution in [0.4, 0.5) is 60.0 Å². The van der Waals surface area contributed by atoms with Crippen LogP contribution in [0.25, 0.3) is 22.5 Å². The molecule has 12 heterocycles. The highest BCUT2D eigenvalue weighted by Gasteiger charge is 2.54. The molecule has 8 fully saturated rings. The van der Waals surface area contributed by atoms with Gasteiger partial charge in [-0.15, -0.1) is 68.5 Å². The van der Waals surface area contributed by atoms with Crippen LogP contribution in [0.3, 0.4) is 0 Å². The van der Waals surface area contributed by atoms with Gasteiger partial charge in [0.05, 0.1) is 58.0 Å². The molecule has 0 radical (unpaired) electrons. The van der Waals surface area contributed by atoms with Crippen LogP contribution in [-0.4, -0.2) is 269 Å². The molecule has 18 rings (SSSR count). The Hall–Kier alpha value is -7.66. The number of aromatic nitrogens is 4. The number of nitrogens with one attached hydrogen (secondary N) is 2. The molecule has 45 heteroatoms. The van der Waals surface area contributed by atoms with Crippen molar-refractivity contribution in [3.63, 3.8) is 0 Å². The first-order valence-corrected chi connectivity index (χ1v) is 56.8. The molecule has 6 amide bonds. The normalized spacial score (nSPS) is 19.8. The molecule has 3 N–H and O–H groups in total. The Bertz CT molecular complexity index is 5500. The third kappa shape index (κ3) is 33.2. The minimum Gasteiger partial charge on any atom is -0.490 e. The van der Waals surface area contributed by atoms with E-state index in [-0.39, 0.29) is 82.9 Å². The molecule has 3 atom stereocenters. The Labute approximate surface area is 908 Å². The van der Waals surface area contributed by atoms with Crippen molar-refractivity contribution < 1.29 is 94.6 Å². The van der Waals surface area contributed by atoms with Gasteiger partial charge in [0.25, 0.3) is 0 Å². The lowest BCUT2D eigenvalue weighted by molar-refractivity contribution is -0.272. The average molecular weight is 2350 g/mol. The van der Waals surface area contributed by atoms with E-state index in [4.69, 9.17) is 76.2 Å². The van der Waals surface area contributed by atoms with E-state index in [9.17, 15) is 46.7 Å². The van der Waals surface area contributed by atoms with Crippen LogP contribution < -0.4 is 59.7 Å². The Kier molecular flexibility index (Phi) is 42.7. The molecule has 3 aliphatic carbocycles. The van der Waals surface area contributed by atoms with Gasteiger partial charge >= 0.3 is 37.5 Å². The van der Waals surface area contributed by atoms with E-state index in [0.717, 1.165) is 244 Å².